The Balaban J connectivity index is 1.43. The van der Waals surface area contributed by atoms with E-state index in [9.17, 15) is 13.2 Å². The third-order valence-electron chi connectivity index (χ3n) is 6.35. The van der Waals surface area contributed by atoms with Crippen LogP contribution in [0.1, 0.15) is 21.5 Å². The van der Waals surface area contributed by atoms with Crippen LogP contribution in [0.2, 0.25) is 5.02 Å². The van der Waals surface area contributed by atoms with E-state index < -0.39 is 10.0 Å². The molecular weight excluding hydrogens is 516 g/mol. The van der Waals surface area contributed by atoms with Crippen molar-refractivity contribution in [2.24, 2.45) is 0 Å². The standard InChI is InChI=1S/C31H25ClN2O3S/c1-22-14-19-26(32)20-30(22)34(38(36,37)27-10-3-2-4-11-27)21-23-15-17-25(18-16-23)31(35)33-29-13-7-9-24-8-5-6-12-28(24)29/h2-20H,21H2,1H3,(H,33,35). The minimum Gasteiger partial charge on any atom is -0.321 e. The molecule has 38 heavy (non-hydrogen) atoms. The van der Waals surface area contributed by atoms with Gasteiger partial charge in [0.05, 0.1) is 17.1 Å². The zero-order chi connectivity index (χ0) is 26.7. The first-order chi connectivity index (χ1) is 18.3. The van der Waals surface area contributed by atoms with Crippen LogP contribution in [0.5, 0.6) is 0 Å². The highest BCUT2D eigenvalue weighted by atomic mass is 35.5. The number of hydrogen-bond acceptors (Lipinski definition) is 3. The molecule has 5 aromatic rings. The van der Waals surface area contributed by atoms with Crippen molar-refractivity contribution in [3.8, 4) is 0 Å². The van der Waals surface area contributed by atoms with Gasteiger partial charge in [-0.15, -0.1) is 0 Å². The van der Waals surface area contributed by atoms with Crippen molar-refractivity contribution in [1.82, 2.24) is 0 Å². The van der Waals surface area contributed by atoms with Crippen LogP contribution in [0.15, 0.2) is 120 Å². The Morgan fingerprint density at radius 1 is 0.816 bits per heavy atom. The Morgan fingerprint density at radius 2 is 1.50 bits per heavy atom. The van der Waals surface area contributed by atoms with Crippen molar-refractivity contribution in [2.75, 3.05) is 9.62 Å². The predicted octanol–water partition coefficient (Wildman–Crippen LogP) is 7.45. The number of sulfonamides is 1. The second-order valence-electron chi connectivity index (χ2n) is 8.93. The lowest BCUT2D eigenvalue weighted by Gasteiger charge is -2.26. The van der Waals surface area contributed by atoms with E-state index in [-0.39, 0.29) is 17.3 Å². The zero-order valence-electron chi connectivity index (χ0n) is 20.6. The number of aryl methyl sites for hydroxylation is 1. The van der Waals surface area contributed by atoms with Crippen molar-refractivity contribution in [1.29, 1.82) is 0 Å². The molecule has 0 saturated heterocycles. The zero-order valence-corrected chi connectivity index (χ0v) is 22.2. The van der Waals surface area contributed by atoms with Gasteiger partial charge in [0.2, 0.25) is 0 Å². The molecule has 0 atom stereocenters. The first-order valence-electron chi connectivity index (χ1n) is 12.0. The van der Waals surface area contributed by atoms with Crippen LogP contribution in [0, 0.1) is 6.92 Å². The molecule has 0 aliphatic rings. The number of anilines is 2. The number of fused-ring (bicyclic) bond motifs is 1. The Labute approximate surface area is 227 Å². The number of rotatable bonds is 7. The van der Waals surface area contributed by atoms with Gasteiger partial charge in [0.1, 0.15) is 0 Å². The smallest absolute Gasteiger partial charge is 0.264 e. The molecule has 0 spiro atoms. The molecule has 0 unspecified atom stereocenters. The average Bonchev–Trinajstić information content (AvgIpc) is 2.94. The van der Waals surface area contributed by atoms with E-state index in [1.165, 1.54) is 4.31 Å². The van der Waals surface area contributed by atoms with E-state index in [1.807, 2.05) is 49.4 Å². The monoisotopic (exact) mass is 540 g/mol. The molecule has 5 rings (SSSR count). The quantitative estimate of drug-likeness (QED) is 0.233. The molecule has 190 valence electrons. The molecule has 0 aliphatic carbocycles. The van der Waals surface area contributed by atoms with Crippen LogP contribution in [-0.4, -0.2) is 14.3 Å². The summed E-state index contributed by atoms with van der Waals surface area (Å²) in [5.41, 5.74) is 3.21. The van der Waals surface area contributed by atoms with E-state index in [2.05, 4.69) is 5.32 Å². The van der Waals surface area contributed by atoms with Crippen LogP contribution in [0.3, 0.4) is 0 Å². The Hall–Kier alpha value is -4.13. The fourth-order valence-corrected chi connectivity index (χ4v) is 6.02. The van der Waals surface area contributed by atoms with Crippen LogP contribution in [0.4, 0.5) is 11.4 Å². The number of carbonyl (C=O) groups excluding carboxylic acids is 1. The average molecular weight is 541 g/mol. The van der Waals surface area contributed by atoms with Crippen LogP contribution >= 0.6 is 11.6 Å². The van der Waals surface area contributed by atoms with Gasteiger partial charge in [-0.25, -0.2) is 8.42 Å². The van der Waals surface area contributed by atoms with Gasteiger partial charge in [0, 0.05) is 21.7 Å². The van der Waals surface area contributed by atoms with Crippen LogP contribution in [-0.2, 0) is 16.6 Å². The van der Waals surface area contributed by atoms with Crippen molar-refractivity contribution in [3.05, 3.63) is 137 Å². The number of benzene rings is 5. The molecule has 0 bridgehead atoms. The van der Waals surface area contributed by atoms with Crippen LogP contribution < -0.4 is 9.62 Å². The number of hydrogen-bond donors (Lipinski definition) is 1. The van der Waals surface area contributed by atoms with Gasteiger partial charge in [0.25, 0.3) is 15.9 Å². The SMILES string of the molecule is Cc1ccc(Cl)cc1N(Cc1ccc(C(=O)Nc2cccc3ccccc23)cc1)S(=O)(=O)c1ccccc1. The Bertz CT molecular complexity index is 1710. The Morgan fingerprint density at radius 3 is 2.26 bits per heavy atom. The van der Waals surface area contributed by atoms with E-state index in [0.717, 1.165) is 27.6 Å². The van der Waals surface area contributed by atoms with Gasteiger partial charge in [0.15, 0.2) is 0 Å². The van der Waals surface area contributed by atoms with Crippen molar-refractivity contribution in [3.63, 3.8) is 0 Å². The molecule has 1 amide bonds. The maximum absolute atomic E-state index is 13.7. The summed E-state index contributed by atoms with van der Waals surface area (Å²) in [6.07, 6.45) is 0. The third-order valence-corrected chi connectivity index (χ3v) is 8.36. The number of halogens is 1. The highest BCUT2D eigenvalue weighted by Crippen LogP contribution is 2.31. The molecule has 7 heteroatoms. The predicted molar refractivity (Wildman–Crippen MR) is 154 cm³/mol. The fourth-order valence-electron chi connectivity index (χ4n) is 4.33. The molecule has 5 nitrogen and oxygen atoms in total. The molecule has 0 fully saturated rings. The highest BCUT2D eigenvalue weighted by Gasteiger charge is 2.26. The summed E-state index contributed by atoms with van der Waals surface area (Å²) in [5, 5.41) is 5.43. The van der Waals surface area contributed by atoms with Gasteiger partial charge in [-0.2, -0.15) is 0 Å². The molecular formula is C31H25ClN2O3S. The first kappa shape index (κ1) is 25.5. The molecule has 0 radical (unpaired) electrons. The number of amides is 1. The second-order valence-corrected chi connectivity index (χ2v) is 11.2. The molecule has 0 heterocycles. The molecule has 1 N–H and O–H groups in total. The number of carbonyl (C=O) groups is 1. The summed E-state index contributed by atoms with van der Waals surface area (Å²) in [5.74, 6) is -0.243. The van der Waals surface area contributed by atoms with E-state index in [0.29, 0.717) is 16.3 Å². The maximum atomic E-state index is 13.7. The van der Waals surface area contributed by atoms with Crippen LogP contribution in [0.25, 0.3) is 10.8 Å². The van der Waals surface area contributed by atoms with E-state index in [4.69, 9.17) is 11.6 Å². The molecule has 0 saturated carbocycles. The largest absolute Gasteiger partial charge is 0.321 e. The van der Waals surface area contributed by atoms with Gasteiger partial charge < -0.3 is 5.32 Å². The lowest BCUT2D eigenvalue weighted by atomic mass is 10.1. The highest BCUT2D eigenvalue weighted by molar-refractivity contribution is 7.92. The van der Waals surface area contributed by atoms with Gasteiger partial charge >= 0.3 is 0 Å². The van der Waals surface area contributed by atoms with Gasteiger partial charge in [-0.3, -0.25) is 9.10 Å². The summed E-state index contributed by atoms with van der Waals surface area (Å²) in [6.45, 7) is 1.92. The summed E-state index contributed by atoms with van der Waals surface area (Å²) >= 11 is 6.25. The number of nitrogens with zero attached hydrogens (tertiary/aromatic N) is 1. The molecule has 5 aromatic carbocycles. The minimum absolute atomic E-state index is 0.0730. The normalized spacial score (nSPS) is 11.3. The van der Waals surface area contributed by atoms with Gasteiger partial charge in [-0.1, -0.05) is 84.4 Å². The van der Waals surface area contributed by atoms with Crippen molar-refractivity contribution >= 4 is 49.7 Å². The molecule has 0 aromatic heterocycles. The minimum atomic E-state index is -3.88. The van der Waals surface area contributed by atoms with E-state index in [1.54, 1.807) is 72.8 Å². The van der Waals surface area contributed by atoms with E-state index >= 15 is 0 Å². The summed E-state index contributed by atoms with van der Waals surface area (Å²) in [4.78, 5) is 13.2. The van der Waals surface area contributed by atoms with Gasteiger partial charge in [-0.05, 0) is 65.9 Å². The lowest BCUT2D eigenvalue weighted by Crippen LogP contribution is -2.31. The summed E-state index contributed by atoms with van der Waals surface area (Å²) < 4.78 is 28.8. The first-order valence-corrected chi connectivity index (χ1v) is 13.9. The summed E-state index contributed by atoms with van der Waals surface area (Å²) in [7, 11) is -3.88. The van der Waals surface area contributed by atoms with Crippen molar-refractivity contribution in [2.45, 2.75) is 18.4 Å². The third kappa shape index (κ3) is 5.28. The molecule has 0 aliphatic heterocycles. The lowest BCUT2D eigenvalue weighted by molar-refractivity contribution is 0.102. The second kappa shape index (κ2) is 10.7. The number of nitrogens with one attached hydrogen (secondary N) is 1. The fraction of sp³-hybridized carbons (Fsp3) is 0.0645. The summed E-state index contributed by atoms with van der Waals surface area (Å²) in [6, 6.07) is 34.1. The topological polar surface area (TPSA) is 66.5 Å². The van der Waals surface area contributed by atoms with Crippen molar-refractivity contribution < 1.29 is 13.2 Å². The maximum Gasteiger partial charge on any atom is 0.264 e. The Kier molecular flexibility index (Phi) is 7.18.